The maximum atomic E-state index is 13.1. The van der Waals surface area contributed by atoms with Crippen LogP contribution < -0.4 is 15.4 Å². The zero-order chi connectivity index (χ0) is 25.2. The molecule has 0 radical (unpaired) electrons. The molecule has 0 aliphatic carbocycles. The minimum atomic E-state index is -4.06. The fraction of sp³-hybridized carbons (Fsp3) is 0.130. The molecule has 35 heavy (non-hydrogen) atoms. The Morgan fingerprint density at radius 1 is 1.20 bits per heavy atom. The largest absolute Gasteiger partial charge is 0.358 e. The molecule has 0 spiro atoms. The van der Waals surface area contributed by atoms with Crippen LogP contribution in [-0.2, 0) is 21.9 Å². The smallest absolute Gasteiger partial charge is 0.261 e. The van der Waals surface area contributed by atoms with Crippen molar-refractivity contribution in [3.8, 4) is 6.07 Å². The highest BCUT2D eigenvalue weighted by Gasteiger charge is 2.20. The van der Waals surface area contributed by atoms with E-state index in [0.29, 0.717) is 22.3 Å². The second kappa shape index (κ2) is 9.32. The molecule has 0 atom stereocenters. The van der Waals surface area contributed by atoms with Crippen LogP contribution in [0.15, 0.2) is 59.8 Å². The summed E-state index contributed by atoms with van der Waals surface area (Å²) in [4.78, 5) is 27.4. The molecule has 2 aromatic carbocycles. The summed E-state index contributed by atoms with van der Waals surface area (Å²) in [6, 6.07) is 12.5. The van der Waals surface area contributed by atoms with Crippen LogP contribution >= 0.6 is 0 Å². The third-order valence-electron chi connectivity index (χ3n) is 5.21. The molecule has 0 unspecified atom stereocenters. The van der Waals surface area contributed by atoms with Gasteiger partial charge in [-0.1, -0.05) is 12.1 Å². The Morgan fingerprint density at radius 2 is 2.00 bits per heavy atom. The average molecular weight is 492 g/mol. The van der Waals surface area contributed by atoms with Gasteiger partial charge in [-0.15, -0.1) is 0 Å². The summed E-state index contributed by atoms with van der Waals surface area (Å²) in [6.45, 7) is 1.51. The van der Waals surface area contributed by atoms with E-state index in [0.717, 1.165) is 5.56 Å². The maximum absolute atomic E-state index is 13.1. The molecule has 0 bridgehead atoms. The number of nitrogens with one attached hydrogen (secondary N) is 4. The first-order chi connectivity index (χ1) is 16.7. The van der Waals surface area contributed by atoms with Crippen LogP contribution in [0.3, 0.4) is 0 Å². The number of sulfonamides is 1. The van der Waals surface area contributed by atoms with E-state index in [1.54, 1.807) is 31.4 Å². The van der Waals surface area contributed by atoms with Crippen LogP contribution in [-0.4, -0.2) is 41.5 Å². The van der Waals surface area contributed by atoms with Gasteiger partial charge in [0.05, 0.1) is 28.2 Å². The van der Waals surface area contributed by atoms with E-state index < -0.39 is 21.8 Å². The van der Waals surface area contributed by atoms with Gasteiger partial charge >= 0.3 is 0 Å². The molecule has 0 saturated carbocycles. The van der Waals surface area contributed by atoms with Gasteiger partial charge in [0.2, 0.25) is 5.91 Å². The first-order valence-electron chi connectivity index (χ1n) is 10.4. The average Bonchev–Trinajstić information content (AvgIpc) is 3.46. The molecule has 4 N–H and O–H groups in total. The lowest BCUT2D eigenvalue weighted by atomic mass is 10.1. The first kappa shape index (κ1) is 23.5. The van der Waals surface area contributed by atoms with E-state index >= 15 is 0 Å². The Kier molecular flexibility index (Phi) is 6.26. The molecule has 2 amide bonds. The van der Waals surface area contributed by atoms with E-state index in [1.807, 2.05) is 6.92 Å². The summed E-state index contributed by atoms with van der Waals surface area (Å²) in [6.07, 6.45) is 3.18. The van der Waals surface area contributed by atoms with Crippen molar-refractivity contribution >= 4 is 44.2 Å². The number of hydrogen-bond donors (Lipinski definition) is 4. The Balaban J connectivity index is 1.49. The van der Waals surface area contributed by atoms with Gasteiger partial charge in [0.15, 0.2) is 5.82 Å². The number of nitriles is 1. The lowest BCUT2D eigenvalue weighted by Gasteiger charge is -2.11. The van der Waals surface area contributed by atoms with Crippen LogP contribution in [0.1, 0.15) is 21.5 Å². The van der Waals surface area contributed by atoms with Crippen molar-refractivity contribution in [3.05, 3.63) is 71.5 Å². The van der Waals surface area contributed by atoms with Gasteiger partial charge in [0.25, 0.3) is 15.9 Å². The van der Waals surface area contributed by atoms with Crippen molar-refractivity contribution in [2.24, 2.45) is 7.05 Å². The second-order valence-electron chi connectivity index (χ2n) is 7.73. The van der Waals surface area contributed by atoms with E-state index in [1.165, 1.54) is 35.1 Å². The van der Waals surface area contributed by atoms with E-state index in [2.05, 4.69) is 31.5 Å². The molecular weight excluding hydrogens is 470 g/mol. The minimum Gasteiger partial charge on any atom is -0.358 e. The van der Waals surface area contributed by atoms with Gasteiger partial charge in [0, 0.05) is 36.5 Å². The van der Waals surface area contributed by atoms with Crippen LogP contribution in [0.2, 0.25) is 0 Å². The predicted octanol–water partition coefficient (Wildman–Crippen LogP) is 2.25. The van der Waals surface area contributed by atoms with Crippen LogP contribution in [0.5, 0.6) is 0 Å². The molecule has 2 aromatic heterocycles. The molecule has 0 saturated heterocycles. The predicted molar refractivity (Wildman–Crippen MR) is 129 cm³/mol. The Labute approximate surface area is 200 Å². The SMILES string of the molecule is Cc1ccc(NS(=O)(=O)c2cccc(C(=O)NCC(=O)Nc3ccn(C)n3)c2)c2[nH]cc(C#N)c12. The molecule has 0 aliphatic heterocycles. The topological polar surface area (TPSA) is 162 Å². The third-order valence-corrected chi connectivity index (χ3v) is 6.57. The summed E-state index contributed by atoms with van der Waals surface area (Å²) in [7, 11) is -2.36. The zero-order valence-electron chi connectivity index (χ0n) is 18.8. The van der Waals surface area contributed by atoms with E-state index in [-0.39, 0.29) is 22.7 Å². The van der Waals surface area contributed by atoms with E-state index in [9.17, 15) is 23.3 Å². The van der Waals surface area contributed by atoms with Crippen molar-refractivity contribution in [2.45, 2.75) is 11.8 Å². The van der Waals surface area contributed by atoms with E-state index in [4.69, 9.17) is 0 Å². The van der Waals surface area contributed by atoms with Crippen LogP contribution in [0.25, 0.3) is 10.9 Å². The number of carbonyl (C=O) groups is 2. The quantitative estimate of drug-likeness (QED) is 0.310. The fourth-order valence-electron chi connectivity index (χ4n) is 3.53. The summed E-state index contributed by atoms with van der Waals surface area (Å²) in [5.41, 5.74) is 2.06. The van der Waals surface area contributed by atoms with Crippen LogP contribution in [0, 0.1) is 18.3 Å². The summed E-state index contributed by atoms with van der Waals surface area (Å²) >= 11 is 0. The summed E-state index contributed by atoms with van der Waals surface area (Å²) < 4.78 is 30.2. The van der Waals surface area contributed by atoms with Gasteiger partial charge in [0.1, 0.15) is 6.07 Å². The fourth-order valence-corrected chi connectivity index (χ4v) is 4.65. The molecule has 2 heterocycles. The van der Waals surface area contributed by atoms with Gasteiger partial charge in [-0.3, -0.25) is 19.0 Å². The van der Waals surface area contributed by atoms with Gasteiger partial charge in [-0.25, -0.2) is 8.42 Å². The van der Waals surface area contributed by atoms with Crippen molar-refractivity contribution in [1.82, 2.24) is 20.1 Å². The number of fused-ring (bicyclic) bond motifs is 1. The summed E-state index contributed by atoms with van der Waals surface area (Å²) in [5, 5.41) is 19.0. The number of amides is 2. The molecule has 4 rings (SSSR count). The molecule has 4 aromatic rings. The number of carbonyl (C=O) groups excluding carboxylic acids is 2. The molecular formula is C23H21N7O4S. The maximum Gasteiger partial charge on any atom is 0.261 e. The standard InChI is InChI=1S/C23H21N7O4S/c1-14-6-7-18(22-21(14)16(11-24)12-25-22)29-35(33,34)17-5-3-4-15(10-17)23(32)26-13-20(31)27-19-8-9-30(2)28-19/h3-10,12,25,29H,13H2,1-2H3,(H,26,32)(H,27,28,31). The highest BCUT2D eigenvalue weighted by Crippen LogP contribution is 2.30. The number of anilines is 2. The Bertz CT molecular complexity index is 1600. The second-order valence-corrected chi connectivity index (χ2v) is 9.42. The third kappa shape index (κ3) is 4.99. The molecule has 0 fully saturated rings. The number of hydrogen-bond acceptors (Lipinski definition) is 6. The number of H-pyrrole nitrogens is 1. The molecule has 0 aliphatic rings. The Morgan fingerprint density at radius 3 is 2.71 bits per heavy atom. The zero-order valence-corrected chi connectivity index (χ0v) is 19.6. The van der Waals surface area contributed by atoms with Crippen LogP contribution in [0.4, 0.5) is 11.5 Å². The van der Waals surface area contributed by atoms with Gasteiger partial charge in [-0.2, -0.15) is 10.4 Å². The minimum absolute atomic E-state index is 0.0687. The number of aryl methyl sites for hydroxylation is 2. The van der Waals surface area contributed by atoms with Gasteiger partial charge in [-0.05, 0) is 36.8 Å². The highest BCUT2D eigenvalue weighted by molar-refractivity contribution is 7.92. The number of aromatic nitrogens is 3. The van der Waals surface area contributed by atoms with Crippen molar-refractivity contribution < 1.29 is 18.0 Å². The van der Waals surface area contributed by atoms with Crippen molar-refractivity contribution in [1.29, 1.82) is 5.26 Å². The number of benzene rings is 2. The number of aromatic amines is 1. The lowest BCUT2D eigenvalue weighted by Crippen LogP contribution is -2.33. The first-order valence-corrected chi connectivity index (χ1v) is 11.9. The van der Waals surface area contributed by atoms with Crippen molar-refractivity contribution in [3.63, 3.8) is 0 Å². The van der Waals surface area contributed by atoms with Crippen molar-refractivity contribution in [2.75, 3.05) is 16.6 Å². The van der Waals surface area contributed by atoms with Gasteiger partial charge < -0.3 is 15.6 Å². The summed E-state index contributed by atoms with van der Waals surface area (Å²) in [5.74, 6) is -0.743. The molecule has 12 heteroatoms. The molecule has 11 nitrogen and oxygen atoms in total. The number of rotatable bonds is 7. The monoisotopic (exact) mass is 491 g/mol. The highest BCUT2D eigenvalue weighted by atomic mass is 32.2. The number of nitrogens with zero attached hydrogens (tertiary/aromatic N) is 3. The Hall–Kier alpha value is -4.63. The lowest BCUT2D eigenvalue weighted by molar-refractivity contribution is -0.115. The molecule has 178 valence electrons. The normalized spacial score (nSPS) is 11.1.